The van der Waals surface area contributed by atoms with Crippen LogP contribution in [0.15, 0.2) is 97.3 Å². The molecule has 0 bridgehead atoms. The summed E-state index contributed by atoms with van der Waals surface area (Å²) in [5.74, 6) is -0.973. The molecule has 0 saturated heterocycles. The maximum Gasteiger partial charge on any atom is 0.416 e. The van der Waals surface area contributed by atoms with Crippen LogP contribution in [0, 0.1) is 0 Å². The van der Waals surface area contributed by atoms with Gasteiger partial charge in [-0.3, -0.25) is 19.5 Å². The Hall–Kier alpha value is -4.66. The first-order chi connectivity index (χ1) is 18.8. The summed E-state index contributed by atoms with van der Waals surface area (Å²) < 4.78 is 44.9. The van der Waals surface area contributed by atoms with E-state index in [2.05, 4.69) is 10.3 Å². The highest BCUT2D eigenvalue weighted by Gasteiger charge is 2.45. The number of methoxy groups -OCH3 is 1. The fourth-order valence-corrected chi connectivity index (χ4v) is 4.89. The topological polar surface area (TPSA) is 71.5 Å². The van der Waals surface area contributed by atoms with Crippen LogP contribution in [0.4, 0.5) is 18.9 Å². The zero-order valence-corrected chi connectivity index (χ0v) is 20.9. The second-order valence-electron chi connectivity index (χ2n) is 9.09. The minimum Gasteiger partial charge on any atom is -0.497 e. The summed E-state index contributed by atoms with van der Waals surface area (Å²) in [6.07, 6.45) is -1.29. The average molecular weight is 532 g/mol. The first kappa shape index (κ1) is 26.0. The van der Waals surface area contributed by atoms with Crippen molar-refractivity contribution >= 4 is 17.5 Å². The largest absolute Gasteiger partial charge is 0.497 e. The van der Waals surface area contributed by atoms with Crippen LogP contribution in [0.3, 0.4) is 0 Å². The second-order valence-corrected chi connectivity index (χ2v) is 9.09. The molecule has 39 heavy (non-hydrogen) atoms. The summed E-state index contributed by atoms with van der Waals surface area (Å²) in [6, 6.07) is 21.4. The Kier molecular flexibility index (Phi) is 7.06. The number of aromatic nitrogens is 1. The van der Waals surface area contributed by atoms with E-state index in [1.165, 1.54) is 12.1 Å². The molecular formula is C30H24F3N3O3. The molecular weight excluding hydrogens is 507 g/mol. The fraction of sp³-hybridized carbons (Fsp3) is 0.167. The number of nitrogens with zero attached hydrogens (tertiary/aromatic N) is 2. The van der Waals surface area contributed by atoms with Crippen molar-refractivity contribution in [2.75, 3.05) is 12.0 Å². The molecule has 5 rings (SSSR count). The van der Waals surface area contributed by atoms with Gasteiger partial charge in [-0.25, -0.2) is 0 Å². The smallest absolute Gasteiger partial charge is 0.416 e. The van der Waals surface area contributed by atoms with E-state index in [0.29, 0.717) is 33.7 Å². The van der Waals surface area contributed by atoms with Gasteiger partial charge in [0.2, 0.25) is 5.91 Å². The number of carbonyl (C=O) groups excluding carboxylic acids is 2. The Morgan fingerprint density at radius 3 is 2.46 bits per heavy atom. The van der Waals surface area contributed by atoms with Crippen LogP contribution in [0.1, 0.15) is 44.6 Å². The number of carbonyl (C=O) groups is 2. The van der Waals surface area contributed by atoms with Crippen LogP contribution >= 0.6 is 0 Å². The predicted molar refractivity (Wildman–Crippen MR) is 139 cm³/mol. The van der Waals surface area contributed by atoms with Gasteiger partial charge in [-0.1, -0.05) is 36.4 Å². The SMILES string of the molecule is COc1ccc(N2C(=O)c3ccccc3C(C(=O)NCc3cccc(C(F)(F)F)c3)C2c2cccnc2)cc1. The second kappa shape index (κ2) is 10.6. The minimum absolute atomic E-state index is 0.113. The quantitative estimate of drug-likeness (QED) is 0.336. The monoisotopic (exact) mass is 531 g/mol. The number of rotatable bonds is 6. The summed E-state index contributed by atoms with van der Waals surface area (Å²) in [5.41, 5.74) is 1.61. The van der Waals surface area contributed by atoms with Crippen molar-refractivity contribution in [3.63, 3.8) is 0 Å². The van der Waals surface area contributed by atoms with Crippen molar-refractivity contribution in [3.05, 3.63) is 125 Å². The lowest BCUT2D eigenvalue weighted by atomic mass is 9.79. The van der Waals surface area contributed by atoms with E-state index in [0.717, 1.165) is 12.1 Å². The van der Waals surface area contributed by atoms with Gasteiger partial charge in [0.25, 0.3) is 5.91 Å². The molecule has 4 aromatic rings. The van der Waals surface area contributed by atoms with Crippen molar-refractivity contribution < 1.29 is 27.5 Å². The van der Waals surface area contributed by atoms with Crippen LogP contribution in [0.2, 0.25) is 0 Å². The summed E-state index contributed by atoms with van der Waals surface area (Å²) in [5, 5.41) is 2.81. The molecule has 9 heteroatoms. The number of amides is 2. The van der Waals surface area contributed by atoms with Gasteiger partial charge in [0.1, 0.15) is 5.75 Å². The maximum absolute atomic E-state index is 13.9. The van der Waals surface area contributed by atoms with Crippen molar-refractivity contribution in [2.45, 2.75) is 24.7 Å². The summed E-state index contributed by atoms with van der Waals surface area (Å²) in [6.45, 7) is -0.113. The molecule has 2 unspecified atom stereocenters. The van der Waals surface area contributed by atoms with Gasteiger partial charge in [-0.15, -0.1) is 0 Å². The van der Waals surface area contributed by atoms with Crippen LogP contribution in [-0.2, 0) is 17.5 Å². The fourth-order valence-electron chi connectivity index (χ4n) is 4.89. The molecule has 3 aromatic carbocycles. The molecule has 2 amide bonds. The van der Waals surface area contributed by atoms with Gasteiger partial charge in [0.05, 0.1) is 24.6 Å². The van der Waals surface area contributed by atoms with Gasteiger partial charge >= 0.3 is 6.18 Å². The van der Waals surface area contributed by atoms with Gasteiger partial charge in [-0.2, -0.15) is 13.2 Å². The van der Waals surface area contributed by atoms with Gasteiger partial charge in [0, 0.05) is 30.2 Å². The molecule has 1 aliphatic heterocycles. The van der Waals surface area contributed by atoms with E-state index >= 15 is 0 Å². The van der Waals surface area contributed by atoms with E-state index in [1.807, 2.05) is 0 Å². The highest BCUT2D eigenvalue weighted by Crippen LogP contribution is 2.45. The summed E-state index contributed by atoms with van der Waals surface area (Å²) in [4.78, 5) is 33.5. The molecule has 1 aliphatic rings. The molecule has 2 atom stereocenters. The molecule has 0 spiro atoms. The highest BCUT2D eigenvalue weighted by atomic mass is 19.4. The van der Waals surface area contributed by atoms with E-state index in [9.17, 15) is 22.8 Å². The molecule has 198 valence electrons. The zero-order chi connectivity index (χ0) is 27.6. The van der Waals surface area contributed by atoms with Crippen LogP contribution in [0.5, 0.6) is 5.75 Å². The molecule has 0 aliphatic carbocycles. The average Bonchev–Trinajstić information content (AvgIpc) is 2.96. The van der Waals surface area contributed by atoms with Crippen LogP contribution in [0.25, 0.3) is 0 Å². The van der Waals surface area contributed by atoms with Gasteiger partial charge < -0.3 is 10.1 Å². The van der Waals surface area contributed by atoms with Crippen molar-refractivity contribution in [1.82, 2.24) is 10.3 Å². The number of nitrogens with one attached hydrogen (secondary N) is 1. The Labute approximate surface area is 223 Å². The third-order valence-electron chi connectivity index (χ3n) is 6.72. The Balaban J connectivity index is 1.57. The summed E-state index contributed by atoms with van der Waals surface area (Å²) >= 11 is 0. The number of hydrogen-bond acceptors (Lipinski definition) is 4. The number of halogens is 3. The molecule has 0 fully saturated rings. The highest BCUT2D eigenvalue weighted by molar-refractivity contribution is 6.11. The number of pyridine rings is 1. The molecule has 2 heterocycles. The normalized spacial score (nSPS) is 16.9. The molecule has 6 nitrogen and oxygen atoms in total. The minimum atomic E-state index is -4.49. The lowest BCUT2D eigenvalue weighted by Gasteiger charge is -2.41. The van der Waals surface area contributed by atoms with E-state index in [-0.39, 0.29) is 12.5 Å². The Morgan fingerprint density at radius 1 is 1.00 bits per heavy atom. The number of alkyl halides is 3. The molecule has 1 aromatic heterocycles. The first-order valence-electron chi connectivity index (χ1n) is 12.2. The number of ether oxygens (including phenoxy) is 1. The van der Waals surface area contributed by atoms with Crippen molar-refractivity contribution in [2.24, 2.45) is 0 Å². The predicted octanol–water partition coefficient (Wildman–Crippen LogP) is 5.91. The van der Waals surface area contributed by atoms with Crippen LogP contribution < -0.4 is 15.0 Å². The molecule has 0 saturated carbocycles. The molecule has 1 N–H and O–H groups in total. The van der Waals surface area contributed by atoms with Gasteiger partial charge in [0.15, 0.2) is 0 Å². The Morgan fingerprint density at radius 2 is 1.77 bits per heavy atom. The van der Waals surface area contributed by atoms with Crippen LogP contribution in [-0.4, -0.2) is 23.9 Å². The molecule has 0 radical (unpaired) electrons. The first-order valence-corrected chi connectivity index (χ1v) is 12.2. The number of benzene rings is 3. The lowest BCUT2D eigenvalue weighted by molar-refractivity contribution is -0.137. The third-order valence-corrected chi connectivity index (χ3v) is 6.72. The Bertz CT molecular complexity index is 1490. The summed E-state index contributed by atoms with van der Waals surface area (Å²) in [7, 11) is 1.54. The number of hydrogen-bond donors (Lipinski definition) is 1. The zero-order valence-electron chi connectivity index (χ0n) is 20.9. The van der Waals surface area contributed by atoms with E-state index in [1.54, 1.807) is 85.1 Å². The number of anilines is 1. The standard InChI is InChI=1S/C30H24F3N3O3/c1-39-23-13-11-22(12-14-23)36-27(20-7-5-15-34-18-20)26(24-9-2-3-10-25(24)29(36)38)28(37)35-17-19-6-4-8-21(16-19)30(31,32)33/h2-16,18,26-27H,17H2,1H3,(H,35,37). The van der Waals surface area contributed by atoms with E-state index < -0.39 is 29.6 Å². The van der Waals surface area contributed by atoms with Gasteiger partial charge in [-0.05, 0) is 65.2 Å². The van der Waals surface area contributed by atoms with Crippen molar-refractivity contribution in [3.8, 4) is 5.75 Å². The lowest BCUT2D eigenvalue weighted by Crippen LogP contribution is -2.47. The number of fused-ring (bicyclic) bond motifs is 1. The van der Waals surface area contributed by atoms with Crippen molar-refractivity contribution in [1.29, 1.82) is 0 Å². The van der Waals surface area contributed by atoms with E-state index in [4.69, 9.17) is 4.74 Å². The maximum atomic E-state index is 13.9. The third kappa shape index (κ3) is 5.20.